The lowest BCUT2D eigenvalue weighted by atomic mass is 10.2. The maximum Gasteiger partial charge on any atom is 0.511 e. The third-order valence-corrected chi connectivity index (χ3v) is 2.26. The van der Waals surface area contributed by atoms with E-state index < -0.39 is 12.1 Å². The fraction of sp³-hybridized carbons (Fsp3) is 0. The Morgan fingerprint density at radius 2 is 1.47 bits per heavy atom. The van der Waals surface area contributed by atoms with Gasteiger partial charge in [0, 0.05) is 0 Å². The first kappa shape index (κ1) is 12.6. The molecule has 0 amide bonds. The Morgan fingerprint density at radius 1 is 0.842 bits per heavy atom. The second kappa shape index (κ2) is 5.68. The van der Waals surface area contributed by atoms with E-state index in [1.807, 2.05) is 0 Å². The van der Waals surface area contributed by atoms with Crippen molar-refractivity contribution in [1.82, 2.24) is 0 Å². The molecule has 0 atom stereocenters. The summed E-state index contributed by atoms with van der Waals surface area (Å²) in [5.74, 6) is -0.364. The highest BCUT2D eigenvalue weighted by Gasteiger charge is 2.16. The highest BCUT2D eigenvalue weighted by molar-refractivity contribution is 5.94. The average Bonchev–Trinajstić information content (AvgIpc) is 2.39. The first-order valence-corrected chi connectivity index (χ1v) is 5.44. The number of rotatable bonds is 3. The molecule has 0 aliphatic rings. The van der Waals surface area contributed by atoms with Crippen LogP contribution in [0, 0.1) is 0 Å². The van der Waals surface area contributed by atoms with Crippen LogP contribution in [0.1, 0.15) is 10.4 Å². The maximum atomic E-state index is 11.9. The minimum absolute atomic E-state index is 0.0498. The molecule has 0 aliphatic carbocycles. The van der Waals surface area contributed by atoms with E-state index in [1.54, 1.807) is 42.5 Å². The quantitative estimate of drug-likeness (QED) is 0.520. The van der Waals surface area contributed by atoms with E-state index in [4.69, 9.17) is 9.84 Å². The van der Waals surface area contributed by atoms with Crippen molar-refractivity contribution in [2.75, 3.05) is 0 Å². The van der Waals surface area contributed by atoms with Crippen molar-refractivity contribution < 1.29 is 24.2 Å². The first-order valence-electron chi connectivity index (χ1n) is 5.44. The molecule has 0 aromatic heterocycles. The van der Waals surface area contributed by atoms with Crippen molar-refractivity contribution >= 4 is 12.1 Å². The SMILES string of the molecule is O=C(O)Oc1ccccc1C(=O)Oc1ccccc1. The van der Waals surface area contributed by atoms with Gasteiger partial charge in [-0.2, -0.15) is 0 Å². The van der Waals surface area contributed by atoms with Crippen molar-refractivity contribution in [3.63, 3.8) is 0 Å². The van der Waals surface area contributed by atoms with Crippen molar-refractivity contribution in [2.45, 2.75) is 0 Å². The Hall–Kier alpha value is -2.82. The van der Waals surface area contributed by atoms with Gasteiger partial charge in [-0.1, -0.05) is 30.3 Å². The van der Waals surface area contributed by atoms with Crippen molar-refractivity contribution in [1.29, 1.82) is 0 Å². The minimum Gasteiger partial charge on any atom is -0.449 e. The van der Waals surface area contributed by atoms with E-state index >= 15 is 0 Å². The van der Waals surface area contributed by atoms with Crippen molar-refractivity contribution in [2.24, 2.45) is 0 Å². The lowest BCUT2D eigenvalue weighted by molar-refractivity contribution is 0.0731. The largest absolute Gasteiger partial charge is 0.511 e. The van der Waals surface area contributed by atoms with Crippen LogP contribution in [0.3, 0.4) is 0 Å². The predicted molar refractivity (Wildman–Crippen MR) is 66.5 cm³/mol. The smallest absolute Gasteiger partial charge is 0.449 e. The van der Waals surface area contributed by atoms with Crippen LogP contribution in [0.4, 0.5) is 4.79 Å². The van der Waals surface area contributed by atoms with Crippen LogP contribution in [0.5, 0.6) is 11.5 Å². The lowest BCUT2D eigenvalue weighted by Gasteiger charge is -2.07. The zero-order chi connectivity index (χ0) is 13.7. The minimum atomic E-state index is -1.49. The van der Waals surface area contributed by atoms with E-state index in [0.717, 1.165) is 0 Å². The van der Waals surface area contributed by atoms with Gasteiger partial charge in [0.15, 0.2) is 0 Å². The predicted octanol–water partition coefficient (Wildman–Crippen LogP) is 2.96. The topological polar surface area (TPSA) is 72.8 Å². The number of carbonyl (C=O) groups excluding carboxylic acids is 1. The summed E-state index contributed by atoms with van der Waals surface area (Å²) in [5.41, 5.74) is 0.0498. The molecule has 5 heteroatoms. The lowest BCUT2D eigenvalue weighted by Crippen LogP contribution is -2.12. The molecule has 0 radical (unpaired) electrons. The van der Waals surface area contributed by atoms with Crippen molar-refractivity contribution in [3.8, 4) is 11.5 Å². The fourth-order valence-electron chi connectivity index (χ4n) is 1.47. The normalized spacial score (nSPS) is 9.68. The van der Waals surface area contributed by atoms with Gasteiger partial charge < -0.3 is 14.6 Å². The monoisotopic (exact) mass is 258 g/mol. The maximum absolute atomic E-state index is 11.9. The van der Waals surface area contributed by atoms with Crippen LogP contribution < -0.4 is 9.47 Å². The first-order chi connectivity index (χ1) is 9.16. The van der Waals surface area contributed by atoms with Crippen LogP contribution in [-0.4, -0.2) is 17.2 Å². The van der Waals surface area contributed by atoms with Crippen molar-refractivity contribution in [3.05, 3.63) is 60.2 Å². The summed E-state index contributed by atoms with van der Waals surface area (Å²) in [6.07, 6.45) is -1.49. The summed E-state index contributed by atoms with van der Waals surface area (Å²) in [4.78, 5) is 22.4. The fourth-order valence-corrected chi connectivity index (χ4v) is 1.47. The Bertz CT molecular complexity index is 592. The molecule has 0 aliphatic heterocycles. The molecule has 0 heterocycles. The van der Waals surface area contributed by atoms with E-state index in [-0.39, 0.29) is 11.3 Å². The van der Waals surface area contributed by atoms with Crippen LogP contribution >= 0.6 is 0 Å². The van der Waals surface area contributed by atoms with Gasteiger partial charge in [-0.3, -0.25) is 0 Å². The Balaban J connectivity index is 2.21. The molecule has 2 rings (SSSR count). The van der Waals surface area contributed by atoms with Gasteiger partial charge in [0.2, 0.25) is 0 Å². The molecule has 0 unspecified atom stereocenters. The van der Waals surface area contributed by atoms with E-state index in [9.17, 15) is 9.59 Å². The van der Waals surface area contributed by atoms with Gasteiger partial charge in [-0.25, -0.2) is 9.59 Å². The van der Waals surface area contributed by atoms with E-state index in [0.29, 0.717) is 5.75 Å². The molecule has 0 bridgehead atoms. The number of benzene rings is 2. The summed E-state index contributed by atoms with van der Waals surface area (Å²) >= 11 is 0. The molecule has 0 saturated heterocycles. The Kier molecular flexibility index (Phi) is 3.78. The zero-order valence-electron chi connectivity index (χ0n) is 9.78. The molecule has 0 saturated carbocycles. The number of para-hydroxylation sites is 2. The van der Waals surface area contributed by atoms with Gasteiger partial charge in [0.05, 0.1) is 0 Å². The molecule has 5 nitrogen and oxygen atoms in total. The van der Waals surface area contributed by atoms with Gasteiger partial charge in [-0.15, -0.1) is 0 Å². The second-order valence-electron chi connectivity index (χ2n) is 3.57. The molecule has 2 aromatic rings. The van der Waals surface area contributed by atoms with Gasteiger partial charge in [0.25, 0.3) is 0 Å². The Labute approximate surface area is 109 Å². The second-order valence-corrected chi connectivity index (χ2v) is 3.57. The number of carboxylic acid groups (broad SMARTS) is 1. The highest BCUT2D eigenvalue weighted by Crippen LogP contribution is 2.20. The molecule has 0 fully saturated rings. The highest BCUT2D eigenvalue weighted by atomic mass is 16.7. The average molecular weight is 258 g/mol. The summed E-state index contributed by atoms with van der Waals surface area (Å²) in [6, 6.07) is 14.5. The third kappa shape index (κ3) is 3.32. The summed E-state index contributed by atoms with van der Waals surface area (Å²) < 4.78 is 9.63. The summed E-state index contributed by atoms with van der Waals surface area (Å²) in [6.45, 7) is 0. The van der Waals surface area contributed by atoms with Crippen LogP contribution in [0.25, 0.3) is 0 Å². The number of hydrogen-bond acceptors (Lipinski definition) is 4. The molecular formula is C14H10O5. The third-order valence-electron chi connectivity index (χ3n) is 2.26. The summed E-state index contributed by atoms with van der Waals surface area (Å²) in [7, 11) is 0. The van der Waals surface area contributed by atoms with Crippen LogP contribution in [0.15, 0.2) is 54.6 Å². The number of hydrogen-bond donors (Lipinski definition) is 1. The molecule has 19 heavy (non-hydrogen) atoms. The van der Waals surface area contributed by atoms with Crippen LogP contribution in [0.2, 0.25) is 0 Å². The Morgan fingerprint density at radius 3 is 2.16 bits per heavy atom. The molecule has 0 spiro atoms. The molecule has 1 N–H and O–H groups in total. The van der Waals surface area contributed by atoms with Crippen LogP contribution in [-0.2, 0) is 0 Å². The standard InChI is InChI=1S/C14H10O5/c15-13(18-10-6-2-1-3-7-10)11-8-4-5-9-12(11)19-14(16)17/h1-9H,(H,16,17). The molecular weight excluding hydrogens is 248 g/mol. The van der Waals surface area contributed by atoms with Gasteiger partial charge >= 0.3 is 12.1 Å². The van der Waals surface area contributed by atoms with Gasteiger partial charge in [0.1, 0.15) is 17.1 Å². The summed E-state index contributed by atoms with van der Waals surface area (Å²) in [5, 5.41) is 8.59. The number of esters is 1. The van der Waals surface area contributed by atoms with Gasteiger partial charge in [-0.05, 0) is 24.3 Å². The van der Waals surface area contributed by atoms with E-state index in [1.165, 1.54) is 12.1 Å². The molecule has 96 valence electrons. The zero-order valence-corrected chi connectivity index (χ0v) is 9.78. The number of ether oxygens (including phenoxy) is 2. The number of carbonyl (C=O) groups is 2. The molecule has 2 aromatic carbocycles. The van der Waals surface area contributed by atoms with E-state index in [2.05, 4.69) is 4.74 Å².